The number of aromatic nitrogens is 1. The second-order valence-corrected chi connectivity index (χ2v) is 10.3. The standard InChI is InChI=1S/C28H28F4N4O/c1-17-4-5-19-8-11-21(14-22(19)35-17)18-6-9-20(10-7-18)24(28(30,31)32)36(27(16-33)12-13-27)23(25(34)37)15-26(2,3)29/h4-11,14,23-24H,12-13,15H2,1-3H3,(H2,34,37)/t23-,24-/m0/s1. The Labute approximate surface area is 212 Å². The number of alkyl halides is 4. The molecule has 1 heterocycles. The largest absolute Gasteiger partial charge is 0.408 e. The van der Waals surface area contributed by atoms with E-state index in [4.69, 9.17) is 5.73 Å². The molecule has 2 atom stereocenters. The summed E-state index contributed by atoms with van der Waals surface area (Å²) >= 11 is 0. The van der Waals surface area contributed by atoms with Crippen LogP contribution in [0.4, 0.5) is 17.6 Å². The van der Waals surface area contributed by atoms with Gasteiger partial charge in [0.2, 0.25) is 5.91 Å². The first-order valence-electron chi connectivity index (χ1n) is 12.0. The van der Waals surface area contributed by atoms with Gasteiger partial charge in [-0.1, -0.05) is 42.5 Å². The maximum atomic E-state index is 14.6. The molecular formula is C28H28F4N4O. The van der Waals surface area contributed by atoms with E-state index >= 15 is 0 Å². The van der Waals surface area contributed by atoms with Gasteiger partial charge in [0.1, 0.15) is 17.2 Å². The Balaban J connectivity index is 1.78. The quantitative estimate of drug-likeness (QED) is 0.366. The fourth-order valence-electron chi connectivity index (χ4n) is 4.83. The second-order valence-electron chi connectivity index (χ2n) is 10.3. The van der Waals surface area contributed by atoms with Crippen LogP contribution >= 0.6 is 0 Å². The number of benzene rings is 2. The van der Waals surface area contributed by atoms with Crippen LogP contribution in [0.1, 0.15) is 50.4 Å². The van der Waals surface area contributed by atoms with Gasteiger partial charge in [0.15, 0.2) is 0 Å². The Bertz CT molecular complexity index is 1350. The van der Waals surface area contributed by atoms with Gasteiger partial charge in [-0.05, 0) is 62.4 Å². The Hall–Kier alpha value is -3.51. The third-order valence-corrected chi connectivity index (χ3v) is 6.75. The molecule has 5 nitrogen and oxygen atoms in total. The molecule has 3 aromatic rings. The molecule has 0 unspecified atom stereocenters. The summed E-state index contributed by atoms with van der Waals surface area (Å²) in [6.07, 6.45) is -5.16. The Morgan fingerprint density at radius 2 is 1.68 bits per heavy atom. The van der Waals surface area contributed by atoms with Crippen LogP contribution in [0.15, 0.2) is 54.6 Å². The summed E-state index contributed by atoms with van der Waals surface area (Å²) < 4.78 is 58.5. The number of nitrogens with two attached hydrogens (primary N) is 1. The Morgan fingerprint density at radius 3 is 2.19 bits per heavy atom. The van der Waals surface area contributed by atoms with Crippen molar-refractivity contribution in [3.05, 3.63) is 65.9 Å². The third kappa shape index (κ3) is 5.59. The molecule has 1 aliphatic carbocycles. The van der Waals surface area contributed by atoms with Crippen LogP contribution in [0.5, 0.6) is 0 Å². The number of primary amides is 1. The van der Waals surface area contributed by atoms with Gasteiger partial charge in [0.25, 0.3) is 0 Å². The van der Waals surface area contributed by atoms with Crippen molar-refractivity contribution in [1.82, 2.24) is 9.88 Å². The van der Waals surface area contributed by atoms with Gasteiger partial charge >= 0.3 is 6.18 Å². The molecule has 2 aromatic carbocycles. The highest BCUT2D eigenvalue weighted by Crippen LogP contribution is 2.52. The van der Waals surface area contributed by atoms with E-state index in [0.717, 1.165) is 27.1 Å². The van der Waals surface area contributed by atoms with Crippen molar-refractivity contribution in [2.45, 2.75) is 69.5 Å². The summed E-state index contributed by atoms with van der Waals surface area (Å²) in [6.45, 7) is 4.22. The van der Waals surface area contributed by atoms with Gasteiger partial charge in [0, 0.05) is 17.5 Å². The van der Waals surface area contributed by atoms with Crippen molar-refractivity contribution in [3.8, 4) is 17.2 Å². The molecule has 0 spiro atoms. The summed E-state index contributed by atoms with van der Waals surface area (Å²) in [6, 6.07) is 13.3. The average molecular weight is 513 g/mol. The zero-order chi connectivity index (χ0) is 27.2. The van der Waals surface area contributed by atoms with Crippen LogP contribution in [0.25, 0.3) is 22.0 Å². The van der Waals surface area contributed by atoms with E-state index in [-0.39, 0.29) is 18.4 Å². The van der Waals surface area contributed by atoms with Gasteiger partial charge < -0.3 is 5.73 Å². The Kier molecular flexibility index (Phi) is 6.76. The third-order valence-electron chi connectivity index (χ3n) is 6.75. The lowest BCUT2D eigenvalue weighted by molar-refractivity contribution is -0.201. The molecule has 1 saturated carbocycles. The number of halogens is 4. The number of amides is 1. The zero-order valence-corrected chi connectivity index (χ0v) is 20.8. The SMILES string of the molecule is Cc1ccc2ccc(-c3ccc([C@H](N([C@@H](CC(C)(C)F)C(N)=O)C4(C#N)CC4)C(F)(F)F)cc3)cc2n1. The minimum Gasteiger partial charge on any atom is -0.368 e. The number of carbonyl (C=O) groups is 1. The summed E-state index contributed by atoms with van der Waals surface area (Å²) in [7, 11) is 0. The molecule has 4 rings (SSSR count). The summed E-state index contributed by atoms with van der Waals surface area (Å²) in [5.74, 6) is -1.10. The molecule has 194 valence electrons. The summed E-state index contributed by atoms with van der Waals surface area (Å²) in [5, 5.41) is 10.7. The molecule has 0 aliphatic heterocycles. The van der Waals surface area contributed by atoms with Crippen LogP contribution in [0.2, 0.25) is 0 Å². The molecule has 1 aliphatic rings. The summed E-state index contributed by atoms with van der Waals surface area (Å²) in [5.41, 5.74) is 4.90. The van der Waals surface area contributed by atoms with E-state index in [1.54, 1.807) is 12.1 Å². The number of fused-ring (bicyclic) bond motifs is 1. The van der Waals surface area contributed by atoms with Crippen molar-refractivity contribution in [2.24, 2.45) is 5.73 Å². The number of nitrogens with zero attached hydrogens (tertiary/aromatic N) is 3. The molecule has 0 saturated heterocycles. The normalized spacial score (nSPS) is 16.8. The molecular weight excluding hydrogens is 484 g/mol. The minimum atomic E-state index is -4.85. The molecule has 2 N–H and O–H groups in total. The van der Waals surface area contributed by atoms with E-state index in [1.807, 2.05) is 43.3 Å². The molecule has 1 aromatic heterocycles. The number of rotatable bonds is 8. The van der Waals surface area contributed by atoms with Crippen molar-refractivity contribution in [3.63, 3.8) is 0 Å². The first-order valence-corrected chi connectivity index (χ1v) is 12.0. The lowest BCUT2D eigenvalue weighted by atomic mass is 9.92. The topological polar surface area (TPSA) is 83.0 Å². The predicted octanol–water partition coefficient (Wildman–Crippen LogP) is 6.16. The van der Waals surface area contributed by atoms with Gasteiger partial charge in [-0.15, -0.1) is 0 Å². The number of hydrogen-bond donors (Lipinski definition) is 1. The molecule has 1 amide bonds. The van der Waals surface area contributed by atoms with Crippen LogP contribution in [-0.2, 0) is 4.79 Å². The highest BCUT2D eigenvalue weighted by atomic mass is 19.4. The van der Waals surface area contributed by atoms with Gasteiger partial charge in [-0.2, -0.15) is 18.4 Å². The van der Waals surface area contributed by atoms with E-state index in [0.29, 0.717) is 5.56 Å². The monoisotopic (exact) mass is 512 g/mol. The average Bonchev–Trinajstić information content (AvgIpc) is 3.60. The highest BCUT2D eigenvalue weighted by molar-refractivity contribution is 5.84. The fourth-order valence-corrected chi connectivity index (χ4v) is 4.83. The lowest BCUT2D eigenvalue weighted by Crippen LogP contribution is -2.57. The van der Waals surface area contributed by atoms with E-state index < -0.39 is 41.8 Å². The second kappa shape index (κ2) is 9.42. The van der Waals surface area contributed by atoms with Crippen LogP contribution in [-0.4, -0.2) is 39.2 Å². The van der Waals surface area contributed by atoms with Crippen LogP contribution in [0.3, 0.4) is 0 Å². The van der Waals surface area contributed by atoms with E-state index in [2.05, 4.69) is 4.98 Å². The van der Waals surface area contributed by atoms with Crippen molar-refractivity contribution >= 4 is 16.8 Å². The maximum absolute atomic E-state index is 14.6. The number of aryl methyl sites for hydroxylation is 1. The lowest BCUT2D eigenvalue weighted by Gasteiger charge is -2.42. The first kappa shape index (κ1) is 26.6. The molecule has 0 bridgehead atoms. The van der Waals surface area contributed by atoms with Gasteiger partial charge in [0.05, 0.1) is 17.6 Å². The maximum Gasteiger partial charge on any atom is 0.408 e. The number of nitriles is 1. The predicted molar refractivity (Wildman–Crippen MR) is 133 cm³/mol. The fraction of sp³-hybridized carbons (Fsp3) is 0.393. The van der Waals surface area contributed by atoms with Crippen molar-refractivity contribution < 1.29 is 22.4 Å². The summed E-state index contributed by atoms with van der Waals surface area (Å²) in [4.78, 5) is 17.7. The molecule has 1 fully saturated rings. The van der Waals surface area contributed by atoms with Gasteiger partial charge in [-0.3, -0.25) is 14.7 Å². The van der Waals surface area contributed by atoms with Gasteiger partial charge in [-0.25, -0.2) is 4.39 Å². The molecule has 9 heteroatoms. The van der Waals surface area contributed by atoms with E-state index in [1.165, 1.54) is 26.0 Å². The Morgan fingerprint density at radius 1 is 1.08 bits per heavy atom. The first-order chi connectivity index (χ1) is 17.2. The van der Waals surface area contributed by atoms with Crippen LogP contribution in [0, 0.1) is 18.3 Å². The van der Waals surface area contributed by atoms with E-state index in [9.17, 15) is 27.6 Å². The molecule has 0 radical (unpaired) electrons. The highest BCUT2D eigenvalue weighted by Gasteiger charge is 2.61. The number of pyridine rings is 1. The molecule has 37 heavy (non-hydrogen) atoms. The number of hydrogen-bond acceptors (Lipinski definition) is 4. The van der Waals surface area contributed by atoms with Crippen molar-refractivity contribution in [2.75, 3.05) is 0 Å². The number of carbonyl (C=O) groups excluding carboxylic acids is 1. The minimum absolute atomic E-state index is 0.133. The van der Waals surface area contributed by atoms with Crippen LogP contribution < -0.4 is 5.73 Å². The van der Waals surface area contributed by atoms with Crippen molar-refractivity contribution in [1.29, 1.82) is 5.26 Å². The zero-order valence-electron chi connectivity index (χ0n) is 20.8. The smallest absolute Gasteiger partial charge is 0.368 e.